The van der Waals surface area contributed by atoms with Crippen molar-refractivity contribution in [2.24, 2.45) is 5.92 Å². The molecular formula is C22H30N2O4. The van der Waals surface area contributed by atoms with Gasteiger partial charge in [0.15, 0.2) is 11.5 Å². The molecule has 0 saturated carbocycles. The third-order valence-corrected chi connectivity index (χ3v) is 4.52. The van der Waals surface area contributed by atoms with Gasteiger partial charge in [0.1, 0.15) is 0 Å². The molecule has 0 bridgehead atoms. The summed E-state index contributed by atoms with van der Waals surface area (Å²) < 4.78 is 16.0. The highest BCUT2D eigenvalue weighted by atomic mass is 16.5. The zero-order valence-corrected chi connectivity index (χ0v) is 17.2. The van der Waals surface area contributed by atoms with Crippen molar-refractivity contribution in [3.05, 3.63) is 53.6 Å². The maximum atomic E-state index is 12.3. The molecule has 2 N–H and O–H groups in total. The molecule has 2 rings (SSSR count). The lowest BCUT2D eigenvalue weighted by atomic mass is 9.96. The first-order chi connectivity index (χ1) is 13.5. The van der Waals surface area contributed by atoms with Crippen LogP contribution in [0.15, 0.2) is 42.5 Å². The molecule has 0 saturated heterocycles. The van der Waals surface area contributed by atoms with Crippen LogP contribution in [-0.4, -0.2) is 33.8 Å². The number of nitrogens with one attached hydrogen (secondary N) is 2. The summed E-state index contributed by atoms with van der Waals surface area (Å²) in [6, 6.07) is 13.9. The van der Waals surface area contributed by atoms with Crippen LogP contribution in [0.2, 0.25) is 0 Å². The van der Waals surface area contributed by atoms with E-state index in [0.717, 1.165) is 5.56 Å². The lowest BCUT2D eigenvalue weighted by molar-refractivity contribution is -0.120. The van der Waals surface area contributed by atoms with Crippen molar-refractivity contribution in [2.45, 2.75) is 26.4 Å². The molecule has 1 amide bonds. The number of carbonyl (C=O) groups excluding carboxylic acids is 1. The molecule has 6 nitrogen and oxygen atoms in total. The van der Waals surface area contributed by atoms with Crippen molar-refractivity contribution in [3.8, 4) is 17.2 Å². The summed E-state index contributed by atoms with van der Waals surface area (Å²) in [6.45, 7) is 4.88. The van der Waals surface area contributed by atoms with E-state index < -0.39 is 0 Å². The smallest absolute Gasteiger partial charge is 0.234 e. The number of benzene rings is 2. The molecule has 0 unspecified atom stereocenters. The number of hydrogen-bond acceptors (Lipinski definition) is 5. The fourth-order valence-electron chi connectivity index (χ4n) is 3.10. The standard InChI is InChI=1S/C22H30N2O4/c1-15(2)21(17-9-7-6-8-10-17)24-14-20(25)23-13-16-11-18(26-3)22(28-5)19(12-16)27-4/h6-12,15,21,24H,13-14H2,1-5H3,(H,23,25)/t21-/m1/s1. The van der Waals surface area contributed by atoms with Gasteiger partial charge in [0, 0.05) is 12.6 Å². The van der Waals surface area contributed by atoms with Crippen LogP contribution in [0.25, 0.3) is 0 Å². The van der Waals surface area contributed by atoms with E-state index in [1.165, 1.54) is 5.56 Å². The molecule has 2 aromatic carbocycles. The first kappa shape index (κ1) is 21.6. The molecule has 0 aromatic heterocycles. The van der Waals surface area contributed by atoms with Gasteiger partial charge in [-0.1, -0.05) is 44.2 Å². The summed E-state index contributed by atoms with van der Waals surface area (Å²) >= 11 is 0. The average molecular weight is 386 g/mol. The van der Waals surface area contributed by atoms with E-state index in [0.29, 0.717) is 29.7 Å². The Kier molecular flexibility index (Phi) is 8.14. The van der Waals surface area contributed by atoms with E-state index >= 15 is 0 Å². The number of ether oxygens (including phenoxy) is 3. The van der Waals surface area contributed by atoms with Gasteiger partial charge in [0.2, 0.25) is 11.7 Å². The van der Waals surface area contributed by atoms with Crippen molar-refractivity contribution < 1.29 is 19.0 Å². The Morgan fingerprint density at radius 1 is 0.964 bits per heavy atom. The Hall–Kier alpha value is -2.73. The lowest BCUT2D eigenvalue weighted by Gasteiger charge is -2.22. The van der Waals surface area contributed by atoms with Crippen LogP contribution in [0.4, 0.5) is 0 Å². The van der Waals surface area contributed by atoms with Gasteiger partial charge in [-0.3, -0.25) is 4.79 Å². The van der Waals surface area contributed by atoms with Gasteiger partial charge in [0.05, 0.1) is 27.9 Å². The zero-order valence-electron chi connectivity index (χ0n) is 17.2. The Morgan fingerprint density at radius 3 is 2.07 bits per heavy atom. The lowest BCUT2D eigenvalue weighted by Crippen LogP contribution is -2.37. The molecule has 1 atom stereocenters. The van der Waals surface area contributed by atoms with E-state index in [9.17, 15) is 4.79 Å². The van der Waals surface area contributed by atoms with Crippen molar-refractivity contribution >= 4 is 5.91 Å². The van der Waals surface area contributed by atoms with E-state index in [1.54, 1.807) is 21.3 Å². The second kappa shape index (κ2) is 10.6. The van der Waals surface area contributed by atoms with Gasteiger partial charge < -0.3 is 24.8 Å². The highest BCUT2D eigenvalue weighted by molar-refractivity contribution is 5.78. The minimum Gasteiger partial charge on any atom is -0.493 e. The van der Waals surface area contributed by atoms with Gasteiger partial charge in [0.25, 0.3) is 0 Å². The van der Waals surface area contributed by atoms with Crippen molar-refractivity contribution in [2.75, 3.05) is 27.9 Å². The summed E-state index contributed by atoms with van der Waals surface area (Å²) in [5.74, 6) is 1.95. The third-order valence-electron chi connectivity index (χ3n) is 4.52. The molecule has 2 aromatic rings. The molecular weight excluding hydrogens is 356 g/mol. The van der Waals surface area contributed by atoms with E-state index in [-0.39, 0.29) is 18.5 Å². The van der Waals surface area contributed by atoms with Crippen LogP contribution in [0, 0.1) is 5.92 Å². The van der Waals surface area contributed by atoms with Crippen LogP contribution < -0.4 is 24.8 Å². The molecule has 6 heteroatoms. The van der Waals surface area contributed by atoms with Gasteiger partial charge >= 0.3 is 0 Å². The largest absolute Gasteiger partial charge is 0.493 e. The quantitative estimate of drug-likeness (QED) is 0.656. The van der Waals surface area contributed by atoms with Gasteiger partial charge in [-0.05, 0) is 29.2 Å². The first-order valence-corrected chi connectivity index (χ1v) is 9.34. The van der Waals surface area contributed by atoms with Crippen molar-refractivity contribution in [1.29, 1.82) is 0 Å². The molecule has 0 aliphatic heterocycles. The number of hydrogen-bond donors (Lipinski definition) is 2. The number of methoxy groups -OCH3 is 3. The molecule has 0 fully saturated rings. The Morgan fingerprint density at radius 2 is 1.57 bits per heavy atom. The predicted molar refractivity (Wildman–Crippen MR) is 110 cm³/mol. The molecule has 0 aliphatic rings. The van der Waals surface area contributed by atoms with Gasteiger partial charge in [-0.15, -0.1) is 0 Å². The van der Waals surface area contributed by atoms with Crippen LogP contribution >= 0.6 is 0 Å². The maximum Gasteiger partial charge on any atom is 0.234 e. The summed E-state index contributed by atoms with van der Waals surface area (Å²) in [5.41, 5.74) is 2.04. The summed E-state index contributed by atoms with van der Waals surface area (Å²) in [6.07, 6.45) is 0. The molecule has 0 spiro atoms. The predicted octanol–water partition coefficient (Wildman–Crippen LogP) is 3.32. The average Bonchev–Trinajstić information content (AvgIpc) is 2.71. The molecule has 0 heterocycles. The zero-order chi connectivity index (χ0) is 20.5. The fourth-order valence-corrected chi connectivity index (χ4v) is 3.10. The van der Waals surface area contributed by atoms with Crippen molar-refractivity contribution in [3.63, 3.8) is 0 Å². The van der Waals surface area contributed by atoms with Crippen molar-refractivity contribution in [1.82, 2.24) is 10.6 Å². The van der Waals surface area contributed by atoms with Gasteiger partial charge in [-0.25, -0.2) is 0 Å². The fraction of sp³-hybridized carbons (Fsp3) is 0.409. The monoisotopic (exact) mass is 386 g/mol. The topological polar surface area (TPSA) is 68.8 Å². The number of rotatable bonds is 10. The highest BCUT2D eigenvalue weighted by Gasteiger charge is 2.17. The minimum absolute atomic E-state index is 0.0738. The van der Waals surface area contributed by atoms with Crippen LogP contribution in [0.5, 0.6) is 17.2 Å². The van der Waals surface area contributed by atoms with E-state index in [1.807, 2.05) is 30.3 Å². The normalized spacial score (nSPS) is 11.8. The Balaban J connectivity index is 1.96. The van der Waals surface area contributed by atoms with E-state index in [4.69, 9.17) is 14.2 Å². The molecule has 0 aliphatic carbocycles. The molecule has 152 valence electrons. The van der Waals surface area contributed by atoms with Crippen LogP contribution in [-0.2, 0) is 11.3 Å². The maximum absolute atomic E-state index is 12.3. The van der Waals surface area contributed by atoms with E-state index in [2.05, 4.69) is 36.6 Å². The summed E-state index contributed by atoms with van der Waals surface area (Å²) in [4.78, 5) is 12.3. The Bertz CT molecular complexity index is 737. The molecule has 28 heavy (non-hydrogen) atoms. The van der Waals surface area contributed by atoms with Gasteiger partial charge in [-0.2, -0.15) is 0 Å². The summed E-state index contributed by atoms with van der Waals surface area (Å²) in [5, 5.41) is 6.28. The molecule has 0 radical (unpaired) electrons. The first-order valence-electron chi connectivity index (χ1n) is 9.34. The second-order valence-corrected chi connectivity index (χ2v) is 6.82. The highest BCUT2D eigenvalue weighted by Crippen LogP contribution is 2.38. The van der Waals surface area contributed by atoms with Crippen LogP contribution in [0.1, 0.15) is 31.0 Å². The number of amides is 1. The minimum atomic E-state index is -0.0738. The SMILES string of the molecule is COc1cc(CNC(=O)CN[C@@H](c2ccccc2)C(C)C)cc(OC)c1OC. The third kappa shape index (κ3) is 5.63. The second-order valence-electron chi connectivity index (χ2n) is 6.82. The summed E-state index contributed by atoms with van der Waals surface area (Å²) in [7, 11) is 4.70. The Labute approximate surface area is 167 Å². The van der Waals surface area contributed by atoms with Crippen LogP contribution in [0.3, 0.4) is 0 Å². The number of carbonyl (C=O) groups is 1.